The Morgan fingerprint density at radius 3 is 2.62 bits per heavy atom. The van der Waals surface area contributed by atoms with E-state index in [0.717, 1.165) is 4.31 Å². The van der Waals surface area contributed by atoms with E-state index in [4.69, 9.17) is 44.3 Å². The standard InChI is InChI=1S/C12H12Cl3NO4S/c1-11(2)19-8-5-3-4-7(9(8)20-11)6-16(10(17)18)21-12(13,14)15/h3-5H,6H2,1-2H3,(H,17,18). The Morgan fingerprint density at radius 2 is 2.05 bits per heavy atom. The number of hydrogen-bond acceptors (Lipinski definition) is 4. The second-order valence-corrected chi connectivity index (χ2v) is 8.89. The summed E-state index contributed by atoms with van der Waals surface area (Å²) in [6.07, 6.45) is -1.22. The normalized spacial score (nSPS) is 15.9. The zero-order valence-electron chi connectivity index (χ0n) is 11.1. The highest BCUT2D eigenvalue weighted by Crippen LogP contribution is 2.45. The van der Waals surface area contributed by atoms with E-state index in [-0.39, 0.29) is 6.54 Å². The molecule has 0 bridgehead atoms. The second-order valence-electron chi connectivity index (χ2n) is 4.70. The molecule has 0 fully saturated rings. The van der Waals surface area contributed by atoms with Crippen molar-refractivity contribution in [3.05, 3.63) is 23.8 Å². The van der Waals surface area contributed by atoms with Crippen LogP contribution in [0.25, 0.3) is 0 Å². The molecule has 0 saturated heterocycles. The van der Waals surface area contributed by atoms with E-state index < -0.39 is 15.0 Å². The van der Waals surface area contributed by atoms with Crippen molar-refractivity contribution in [3.8, 4) is 11.5 Å². The summed E-state index contributed by atoms with van der Waals surface area (Å²) in [5.74, 6) is 0.259. The van der Waals surface area contributed by atoms with Gasteiger partial charge in [-0.1, -0.05) is 46.9 Å². The molecule has 0 spiro atoms. The van der Waals surface area contributed by atoms with Gasteiger partial charge in [0.1, 0.15) is 0 Å². The SMILES string of the molecule is CC1(C)Oc2cccc(CN(SC(Cl)(Cl)Cl)C(=O)O)c2O1. The van der Waals surface area contributed by atoms with E-state index in [9.17, 15) is 9.90 Å². The third-order valence-electron chi connectivity index (χ3n) is 2.51. The van der Waals surface area contributed by atoms with Gasteiger partial charge in [0.25, 0.3) is 3.12 Å². The number of halogens is 3. The van der Waals surface area contributed by atoms with E-state index in [1.165, 1.54) is 0 Å². The van der Waals surface area contributed by atoms with Gasteiger partial charge in [0, 0.05) is 31.4 Å². The lowest BCUT2D eigenvalue weighted by Crippen LogP contribution is -2.30. The summed E-state index contributed by atoms with van der Waals surface area (Å²) in [4.78, 5) is 11.3. The van der Waals surface area contributed by atoms with E-state index in [1.54, 1.807) is 32.0 Å². The van der Waals surface area contributed by atoms with Gasteiger partial charge in [-0.25, -0.2) is 9.10 Å². The van der Waals surface area contributed by atoms with Crippen LogP contribution in [0.15, 0.2) is 18.2 Å². The molecule has 5 nitrogen and oxygen atoms in total. The summed E-state index contributed by atoms with van der Waals surface area (Å²) in [6.45, 7) is 3.53. The van der Waals surface area contributed by atoms with Crippen LogP contribution in [0.3, 0.4) is 0 Å². The molecule has 1 aromatic rings. The Hall–Kier alpha value is -0.690. The zero-order chi connectivity index (χ0) is 15.8. The van der Waals surface area contributed by atoms with Gasteiger partial charge in [0.15, 0.2) is 11.5 Å². The molecule has 0 unspecified atom stereocenters. The van der Waals surface area contributed by atoms with Crippen LogP contribution < -0.4 is 9.47 Å². The van der Waals surface area contributed by atoms with Crippen molar-refractivity contribution in [2.45, 2.75) is 29.3 Å². The van der Waals surface area contributed by atoms with Gasteiger partial charge in [-0.3, -0.25) is 0 Å². The first-order valence-electron chi connectivity index (χ1n) is 5.84. The second kappa shape index (κ2) is 5.83. The third-order valence-corrected chi connectivity index (χ3v) is 3.84. The van der Waals surface area contributed by atoms with Crippen LogP contribution in [0.4, 0.5) is 4.79 Å². The highest BCUT2D eigenvalue weighted by Gasteiger charge is 2.35. The van der Waals surface area contributed by atoms with Crippen molar-refractivity contribution in [1.82, 2.24) is 4.31 Å². The Kier molecular flexibility index (Phi) is 4.63. The van der Waals surface area contributed by atoms with Gasteiger partial charge in [-0.2, -0.15) is 0 Å². The predicted molar refractivity (Wildman–Crippen MR) is 83.2 cm³/mol. The quantitative estimate of drug-likeness (QED) is 0.618. The fraction of sp³-hybridized carbons (Fsp3) is 0.417. The first-order chi connectivity index (χ1) is 9.57. The molecule has 2 rings (SSSR count). The molecule has 116 valence electrons. The monoisotopic (exact) mass is 371 g/mol. The lowest BCUT2D eigenvalue weighted by molar-refractivity contribution is -0.0435. The van der Waals surface area contributed by atoms with Crippen molar-refractivity contribution in [1.29, 1.82) is 0 Å². The average Bonchev–Trinajstić information content (AvgIpc) is 2.61. The largest absolute Gasteiger partial charge is 0.464 e. The fourth-order valence-corrected chi connectivity index (χ4v) is 3.11. The van der Waals surface area contributed by atoms with Crippen molar-refractivity contribution < 1.29 is 19.4 Å². The minimum absolute atomic E-state index is 0.00345. The number of amides is 1. The van der Waals surface area contributed by atoms with E-state index in [0.29, 0.717) is 29.0 Å². The van der Waals surface area contributed by atoms with Gasteiger partial charge in [0.05, 0.1) is 6.54 Å². The Labute approximate surface area is 141 Å². The summed E-state index contributed by atoms with van der Waals surface area (Å²) >= 11 is 17.5. The molecule has 0 aromatic heterocycles. The number of carboxylic acid groups (broad SMARTS) is 1. The number of alkyl halides is 3. The predicted octanol–water partition coefficient (Wildman–Crippen LogP) is 4.65. The Bertz CT molecular complexity index is 562. The summed E-state index contributed by atoms with van der Waals surface area (Å²) in [5.41, 5.74) is 0.627. The number of para-hydroxylation sites is 1. The molecule has 0 saturated carbocycles. The minimum atomic E-state index is -1.77. The van der Waals surface area contributed by atoms with Gasteiger partial charge >= 0.3 is 6.09 Å². The molecular weight excluding hydrogens is 361 g/mol. The molecule has 1 amide bonds. The van der Waals surface area contributed by atoms with Crippen molar-refractivity contribution in [2.75, 3.05) is 0 Å². The lowest BCUT2D eigenvalue weighted by atomic mass is 10.2. The number of hydrogen-bond donors (Lipinski definition) is 1. The maximum absolute atomic E-state index is 11.3. The van der Waals surface area contributed by atoms with Gasteiger partial charge in [0.2, 0.25) is 5.79 Å². The first kappa shape index (κ1) is 16.7. The van der Waals surface area contributed by atoms with Crippen molar-refractivity contribution >= 4 is 52.8 Å². The van der Waals surface area contributed by atoms with E-state index in [2.05, 4.69) is 0 Å². The summed E-state index contributed by atoms with van der Waals surface area (Å²) < 4.78 is 10.4. The molecule has 21 heavy (non-hydrogen) atoms. The molecule has 1 N–H and O–H groups in total. The summed E-state index contributed by atoms with van der Waals surface area (Å²) in [7, 11) is 0. The van der Waals surface area contributed by atoms with Crippen LogP contribution in [-0.2, 0) is 6.54 Å². The third kappa shape index (κ3) is 4.39. The van der Waals surface area contributed by atoms with Gasteiger partial charge in [-0.15, -0.1) is 0 Å². The maximum atomic E-state index is 11.3. The smallest absolute Gasteiger partial charge is 0.417 e. The first-order valence-corrected chi connectivity index (χ1v) is 7.74. The number of rotatable bonds is 3. The Balaban J connectivity index is 2.24. The van der Waals surface area contributed by atoms with Crippen LogP contribution in [0, 0.1) is 0 Å². The minimum Gasteiger partial charge on any atom is -0.464 e. The molecule has 0 aliphatic carbocycles. The van der Waals surface area contributed by atoms with E-state index >= 15 is 0 Å². The Morgan fingerprint density at radius 1 is 1.38 bits per heavy atom. The maximum Gasteiger partial charge on any atom is 0.417 e. The molecule has 1 aliphatic heterocycles. The van der Waals surface area contributed by atoms with Crippen LogP contribution in [0.5, 0.6) is 11.5 Å². The average molecular weight is 373 g/mol. The molecule has 9 heteroatoms. The summed E-state index contributed by atoms with van der Waals surface area (Å²) in [6, 6.07) is 5.23. The summed E-state index contributed by atoms with van der Waals surface area (Å²) in [5, 5.41) is 9.21. The van der Waals surface area contributed by atoms with E-state index in [1.807, 2.05) is 0 Å². The van der Waals surface area contributed by atoms with Gasteiger partial charge in [-0.05, 0) is 6.07 Å². The number of ether oxygens (including phenoxy) is 2. The highest BCUT2D eigenvalue weighted by atomic mass is 35.6. The topological polar surface area (TPSA) is 59.0 Å². The van der Waals surface area contributed by atoms with Crippen LogP contribution >= 0.6 is 46.8 Å². The van der Waals surface area contributed by atoms with Crippen molar-refractivity contribution in [2.24, 2.45) is 0 Å². The molecule has 1 heterocycles. The number of carbonyl (C=O) groups is 1. The molecule has 1 aliphatic rings. The van der Waals surface area contributed by atoms with Crippen LogP contribution in [0.1, 0.15) is 19.4 Å². The fourth-order valence-electron chi connectivity index (χ4n) is 1.83. The highest BCUT2D eigenvalue weighted by molar-refractivity contribution is 8.03. The van der Waals surface area contributed by atoms with Gasteiger partial charge < -0.3 is 14.6 Å². The zero-order valence-corrected chi connectivity index (χ0v) is 14.2. The number of fused-ring (bicyclic) bond motifs is 1. The number of nitrogens with zero attached hydrogens (tertiary/aromatic N) is 1. The van der Waals surface area contributed by atoms with Crippen LogP contribution in [-0.4, -0.2) is 24.4 Å². The molecule has 0 atom stereocenters. The molecular formula is C12H12Cl3NO4S. The molecule has 1 aromatic carbocycles. The van der Waals surface area contributed by atoms with Crippen LogP contribution in [0.2, 0.25) is 0 Å². The number of benzene rings is 1. The van der Waals surface area contributed by atoms with Crippen molar-refractivity contribution in [3.63, 3.8) is 0 Å². The lowest BCUT2D eigenvalue weighted by Gasteiger charge is -2.22. The molecule has 0 radical (unpaired) electrons.